The SMILES string of the molecule is COc1cc(C=NNC(=O)C(Oc2ccccc2)Oc2ccccc2)ccc1OC(=O)C=Cc1ccccc1. The molecule has 4 aromatic rings. The van der Waals surface area contributed by atoms with Crippen molar-refractivity contribution < 1.29 is 28.5 Å². The highest BCUT2D eigenvalue weighted by Crippen LogP contribution is 2.28. The number of hydrogen-bond acceptors (Lipinski definition) is 7. The molecule has 0 heterocycles. The van der Waals surface area contributed by atoms with E-state index in [0.717, 1.165) is 5.56 Å². The van der Waals surface area contributed by atoms with Crippen LogP contribution in [-0.2, 0) is 9.59 Å². The first kappa shape index (κ1) is 26.7. The normalized spacial score (nSPS) is 10.9. The van der Waals surface area contributed by atoms with Crippen LogP contribution in [0.1, 0.15) is 11.1 Å². The van der Waals surface area contributed by atoms with E-state index in [1.54, 1.807) is 72.8 Å². The Morgan fingerprint density at radius 3 is 1.92 bits per heavy atom. The van der Waals surface area contributed by atoms with Crippen LogP contribution in [0.5, 0.6) is 23.0 Å². The number of amides is 1. The molecular weight excluding hydrogens is 496 g/mol. The number of nitrogens with one attached hydrogen (secondary N) is 1. The van der Waals surface area contributed by atoms with E-state index in [2.05, 4.69) is 10.5 Å². The zero-order valence-corrected chi connectivity index (χ0v) is 21.1. The molecule has 1 amide bonds. The molecule has 1 N–H and O–H groups in total. The number of esters is 1. The monoisotopic (exact) mass is 522 g/mol. The van der Waals surface area contributed by atoms with E-state index in [0.29, 0.717) is 22.8 Å². The molecular formula is C31H26N2O6. The van der Waals surface area contributed by atoms with Gasteiger partial charge >= 0.3 is 18.2 Å². The number of para-hydroxylation sites is 2. The van der Waals surface area contributed by atoms with Crippen LogP contribution >= 0.6 is 0 Å². The van der Waals surface area contributed by atoms with Gasteiger partial charge in [0.15, 0.2) is 11.5 Å². The van der Waals surface area contributed by atoms with Crippen LogP contribution < -0.4 is 24.4 Å². The molecule has 8 heteroatoms. The largest absolute Gasteiger partial charge is 0.493 e. The number of ether oxygens (including phenoxy) is 4. The second kappa shape index (κ2) is 13.8. The Bertz CT molecular complexity index is 1380. The van der Waals surface area contributed by atoms with E-state index >= 15 is 0 Å². The van der Waals surface area contributed by atoms with Gasteiger partial charge in [-0.1, -0.05) is 66.7 Å². The minimum absolute atomic E-state index is 0.244. The summed E-state index contributed by atoms with van der Waals surface area (Å²) in [6.07, 6.45) is 3.13. The molecule has 0 fully saturated rings. The highest BCUT2D eigenvalue weighted by molar-refractivity contribution is 5.89. The van der Waals surface area contributed by atoms with Crippen molar-refractivity contribution in [1.82, 2.24) is 5.43 Å². The van der Waals surface area contributed by atoms with Crippen LogP contribution in [0.3, 0.4) is 0 Å². The number of nitrogens with zero attached hydrogens (tertiary/aromatic N) is 1. The number of carbonyl (C=O) groups excluding carboxylic acids is 2. The lowest BCUT2D eigenvalue weighted by Gasteiger charge is -2.18. The third-order valence-electron chi connectivity index (χ3n) is 5.18. The van der Waals surface area contributed by atoms with E-state index in [1.807, 2.05) is 42.5 Å². The zero-order chi connectivity index (χ0) is 27.3. The summed E-state index contributed by atoms with van der Waals surface area (Å²) in [6.45, 7) is 0. The average molecular weight is 523 g/mol. The summed E-state index contributed by atoms with van der Waals surface area (Å²) >= 11 is 0. The van der Waals surface area contributed by atoms with E-state index in [-0.39, 0.29) is 5.75 Å². The molecule has 0 aliphatic carbocycles. The summed E-state index contributed by atoms with van der Waals surface area (Å²) < 4.78 is 22.2. The van der Waals surface area contributed by atoms with Crippen LogP contribution in [0.25, 0.3) is 6.08 Å². The van der Waals surface area contributed by atoms with Crippen molar-refractivity contribution in [2.24, 2.45) is 5.10 Å². The minimum Gasteiger partial charge on any atom is -0.493 e. The number of hydrogen-bond donors (Lipinski definition) is 1. The van der Waals surface area contributed by atoms with Gasteiger partial charge in [0.1, 0.15) is 11.5 Å². The Morgan fingerprint density at radius 1 is 0.744 bits per heavy atom. The summed E-state index contributed by atoms with van der Waals surface area (Å²) in [5.74, 6) is 0.339. The van der Waals surface area contributed by atoms with Crippen LogP contribution in [0.2, 0.25) is 0 Å². The number of benzene rings is 4. The van der Waals surface area contributed by atoms with E-state index in [4.69, 9.17) is 18.9 Å². The number of methoxy groups -OCH3 is 1. The second-order valence-corrected chi connectivity index (χ2v) is 8.00. The first-order valence-electron chi connectivity index (χ1n) is 12.0. The maximum absolute atomic E-state index is 12.8. The Hall–Kier alpha value is -5.37. The third-order valence-corrected chi connectivity index (χ3v) is 5.18. The highest BCUT2D eigenvalue weighted by atomic mass is 16.7. The van der Waals surface area contributed by atoms with Gasteiger partial charge in [0.25, 0.3) is 0 Å². The van der Waals surface area contributed by atoms with E-state index < -0.39 is 18.2 Å². The van der Waals surface area contributed by atoms with Gasteiger partial charge in [0, 0.05) is 6.08 Å². The molecule has 196 valence electrons. The van der Waals surface area contributed by atoms with Crippen LogP contribution in [0.4, 0.5) is 0 Å². The highest BCUT2D eigenvalue weighted by Gasteiger charge is 2.22. The molecule has 0 unspecified atom stereocenters. The van der Waals surface area contributed by atoms with Gasteiger partial charge in [-0.2, -0.15) is 5.10 Å². The van der Waals surface area contributed by atoms with Crippen molar-refractivity contribution in [2.75, 3.05) is 7.11 Å². The molecule has 0 saturated heterocycles. The molecule has 0 aromatic heterocycles. The van der Waals surface area contributed by atoms with Gasteiger partial charge < -0.3 is 18.9 Å². The topological polar surface area (TPSA) is 95.5 Å². The molecule has 0 aliphatic heterocycles. The van der Waals surface area contributed by atoms with Crippen molar-refractivity contribution in [1.29, 1.82) is 0 Å². The molecule has 0 saturated carbocycles. The summed E-state index contributed by atoms with van der Waals surface area (Å²) in [7, 11) is 1.46. The summed E-state index contributed by atoms with van der Waals surface area (Å²) in [5.41, 5.74) is 3.90. The average Bonchev–Trinajstić information content (AvgIpc) is 2.98. The maximum Gasteiger partial charge on any atom is 0.336 e. The van der Waals surface area contributed by atoms with Crippen molar-refractivity contribution in [3.63, 3.8) is 0 Å². The van der Waals surface area contributed by atoms with Gasteiger partial charge in [0.05, 0.1) is 13.3 Å². The molecule has 0 spiro atoms. The number of carbonyl (C=O) groups is 2. The van der Waals surface area contributed by atoms with E-state index in [1.165, 1.54) is 19.4 Å². The van der Waals surface area contributed by atoms with Gasteiger partial charge in [0.2, 0.25) is 0 Å². The second-order valence-electron chi connectivity index (χ2n) is 8.00. The standard InChI is InChI=1S/C31H26N2O6/c1-36-28-21-24(17-19-27(28)39-29(34)20-18-23-11-5-2-6-12-23)22-32-33-30(35)31(37-25-13-7-3-8-14-25)38-26-15-9-4-10-16-26/h2-22,31H,1H3,(H,33,35). The fourth-order valence-corrected chi connectivity index (χ4v) is 3.32. The Kier molecular flexibility index (Phi) is 9.45. The summed E-state index contributed by atoms with van der Waals surface area (Å²) in [5, 5.41) is 4.02. The first-order chi connectivity index (χ1) is 19.1. The fourth-order valence-electron chi connectivity index (χ4n) is 3.32. The van der Waals surface area contributed by atoms with Gasteiger partial charge in [-0.25, -0.2) is 10.2 Å². The lowest BCUT2D eigenvalue weighted by molar-refractivity contribution is -0.140. The summed E-state index contributed by atoms with van der Waals surface area (Å²) in [4.78, 5) is 25.1. The van der Waals surface area contributed by atoms with Crippen LogP contribution in [-0.4, -0.2) is 31.5 Å². The quantitative estimate of drug-likeness (QED) is 0.0722. The lowest BCUT2D eigenvalue weighted by Crippen LogP contribution is -2.40. The number of hydrazone groups is 1. The molecule has 8 nitrogen and oxygen atoms in total. The number of rotatable bonds is 11. The molecule has 0 bridgehead atoms. The minimum atomic E-state index is -1.28. The molecule has 0 aliphatic rings. The Labute approximate surface area is 226 Å². The van der Waals surface area contributed by atoms with Gasteiger partial charge in [-0.3, -0.25) is 4.79 Å². The Balaban J connectivity index is 1.39. The van der Waals surface area contributed by atoms with E-state index in [9.17, 15) is 9.59 Å². The maximum atomic E-state index is 12.8. The van der Waals surface area contributed by atoms with Gasteiger partial charge in [-0.05, 0) is 59.7 Å². The molecule has 39 heavy (non-hydrogen) atoms. The molecule has 4 rings (SSSR count). The van der Waals surface area contributed by atoms with Crippen molar-refractivity contribution in [3.05, 3.63) is 126 Å². The summed E-state index contributed by atoms with van der Waals surface area (Å²) in [6, 6.07) is 32.0. The molecule has 0 atom stereocenters. The first-order valence-corrected chi connectivity index (χ1v) is 12.0. The zero-order valence-electron chi connectivity index (χ0n) is 21.1. The lowest BCUT2D eigenvalue weighted by atomic mass is 10.2. The smallest absolute Gasteiger partial charge is 0.336 e. The predicted octanol–water partition coefficient (Wildman–Crippen LogP) is 5.25. The molecule has 0 radical (unpaired) electrons. The third kappa shape index (κ3) is 8.33. The van der Waals surface area contributed by atoms with Crippen molar-refractivity contribution in [3.8, 4) is 23.0 Å². The molecule has 4 aromatic carbocycles. The van der Waals surface area contributed by atoms with Crippen molar-refractivity contribution >= 4 is 24.2 Å². The van der Waals surface area contributed by atoms with Crippen LogP contribution in [0, 0.1) is 0 Å². The fraction of sp³-hybridized carbons (Fsp3) is 0.0645. The van der Waals surface area contributed by atoms with Gasteiger partial charge in [-0.15, -0.1) is 0 Å². The predicted molar refractivity (Wildman–Crippen MR) is 148 cm³/mol. The Morgan fingerprint density at radius 2 is 1.33 bits per heavy atom. The van der Waals surface area contributed by atoms with Crippen LogP contribution in [0.15, 0.2) is 120 Å². The van der Waals surface area contributed by atoms with Crippen molar-refractivity contribution in [2.45, 2.75) is 6.29 Å².